The van der Waals surface area contributed by atoms with Gasteiger partial charge in [-0.3, -0.25) is 3.93 Å². The van der Waals surface area contributed by atoms with Crippen LogP contribution in [0.2, 0.25) is 0 Å². The normalized spacial score (nSPS) is 9.71. The molecule has 4 heteroatoms. The van der Waals surface area contributed by atoms with E-state index in [-0.39, 0.29) is 0 Å². The molecule has 0 aromatic heterocycles. The summed E-state index contributed by atoms with van der Waals surface area (Å²) >= 11 is 8.75. The molecule has 0 bridgehead atoms. The number of hydrogen-bond acceptors (Lipinski definition) is 1. The zero-order valence-electron chi connectivity index (χ0n) is 9.01. The molecule has 0 amide bonds. The number of anilines is 2. The molecular weight excluding hydrogens is 296 g/mol. The van der Waals surface area contributed by atoms with Crippen LogP contribution in [0.25, 0.3) is 0 Å². The van der Waals surface area contributed by atoms with Crippen LogP contribution in [0.1, 0.15) is 0 Å². The van der Waals surface area contributed by atoms with E-state index in [4.69, 9.17) is 12.2 Å². The van der Waals surface area contributed by atoms with Crippen LogP contribution in [-0.2, 0) is 0 Å². The van der Waals surface area contributed by atoms with Gasteiger partial charge in [0, 0.05) is 5.69 Å². The lowest BCUT2D eigenvalue weighted by Crippen LogP contribution is -2.25. The molecule has 17 heavy (non-hydrogen) atoms. The number of nitrogens with one attached hydrogen (secondary N) is 1. The third-order valence-corrected chi connectivity index (χ3v) is 3.47. The summed E-state index contributed by atoms with van der Waals surface area (Å²) < 4.78 is 1.76. The lowest BCUT2D eigenvalue weighted by atomic mass is 10.3. The van der Waals surface area contributed by atoms with Gasteiger partial charge in [0.15, 0.2) is 5.11 Å². The second-order valence-corrected chi connectivity index (χ2v) is 4.51. The Bertz CT molecular complexity index is 487. The highest BCUT2D eigenvalue weighted by Crippen LogP contribution is 2.19. The smallest absolute Gasteiger partial charge is 0.188 e. The monoisotopic (exact) mass is 306 g/mol. The molecule has 0 heterocycles. The van der Waals surface area contributed by atoms with Crippen LogP contribution in [-0.4, -0.2) is 5.11 Å². The van der Waals surface area contributed by atoms with Crippen molar-refractivity contribution >= 4 is 44.9 Å². The van der Waals surface area contributed by atoms with Crippen LogP contribution < -0.4 is 9.24 Å². The average Bonchev–Trinajstić information content (AvgIpc) is 2.40. The van der Waals surface area contributed by atoms with Gasteiger partial charge in [-0.1, -0.05) is 36.4 Å². The Morgan fingerprint density at radius 1 is 0.941 bits per heavy atom. The van der Waals surface area contributed by atoms with Crippen LogP contribution in [0.3, 0.4) is 0 Å². The molecule has 0 aliphatic carbocycles. The summed E-state index contributed by atoms with van der Waals surface area (Å²) in [6.07, 6.45) is 0. The second kappa shape index (κ2) is 5.80. The van der Waals surface area contributed by atoms with Crippen LogP contribution >= 0.6 is 28.4 Å². The van der Waals surface area contributed by atoms with E-state index < -0.39 is 0 Å². The van der Waals surface area contributed by atoms with E-state index in [1.54, 1.807) is 3.93 Å². The topological polar surface area (TPSA) is 15.3 Å². The van der Waals surface area contributed by atoms with Crippen molar-refractivity contribution in [3.8, 4) is 0 Å². The minimum absolute atomic E-state index is 0.599. The number of para-hydroxylation sites is 2. The molecular formula is C13H11BrN2S. The summed E-state index contributed by atoms with van der Waals surface area (Å²) in [6, 6.07) is 19.7. The lowest BCUT2D eigenvalue weighted by molar-refractivity contribution is 1.53. The summed E-state index contributed by atoms with van der Waals surface area (Å²) in [5.74, 6) is 0. The third-order valence-electron chi connectivity index (χ3n) is 2.19. The molecule has 1 N–H and O–H groups in total. The molecule has 0 saturated carbocycles. The molecule has 0 fully saturated rings. The van der Waals surface area contributed by atoms with Gasteiger partial charge in [0.05, 0.1) is 21.8 Å². The van der Waals surface area contributed by atoms with E-state index >= 15 is 0 Å². The Morgan fingerprint density at radius 3 is 2.06 bits per heavy atom. The molecule has 0 radical (unpaired) electrons. The van der Waals surface area contributed by atoms with E-state index in [0.29, 0.717) is 5.11 Å². The van der Waals surface area contributed by atoms with Crippen molar-refractivity contribution < 1.29 is 0 Å². The van der Waals surface area contributed by atoms with Gasteiger partial charge in [-0.15, -0.1) is 0 Å². The molecule has 0 spiro atoms. The fourth-order valence-corrected chi connectivity index (χ4v) is 1.92. The Kier molecular flexibility index (Phi) is 4.12. The first-order valence-electron chi connectivity index (χ1n) is 5.14. The summed E-state index contributed by atoms with van der Waals surface area (Å²) in [5, 5.41) is 3.75. The van der Waals surface area contributed by atoms with Gasteiger partial charge in [0.25, 0.3) is 0 Å². The van der Waals surface area contributed by atoms with Crippen molar-refractivity contribution in [3.63, 3.8) is 0 Å². The number of halogens is 1. The molecule has 0 saturated heterocycles. The standard InChI is InChI=1S/C13H11BrN2S/c14-16(12-9-5-2-6-10-12)13(17)15-11-7-3-1-4-8-11/h1-10H,(H,15,17). The van der Waals surface area contributed by atoms with E-state index in [1.807, 2.05) is 60.7 Å². The van der Waals surface area contributed by atoms with Crippen LogP contribution in [0.5, 0.6) is 0 Å². The molecule has 86 valence electrons. The Morgan fingerprint density at radius 2 is 1.47 bits per heavy atom. The molecule has 0 aliphatic heterocycles. The number of hydrogen-bond donors (Lipinski definition) is 1. The van der Waals surface area contributed by atoms with Gasteiger partial charge in [0.2, 0.25) is 0 Å². The van der Waals surface area contributed by atoms with E-state index in [2.05, 4.69) is 21.5 Å². The zero-order chi connectivity index (χ0) is 12.1. The van der Waals surface area contributed by atoms with Crippen LogP contribution in [0.15, 0.2) is 60.7 Å². The Hall–Kier alpha value is -1.39. The average molecular weight is 307 g/mol. The molecule has 0 aliphatic rings. The largest absolute Gasteiger partial charge is 0.332 e. The quantitative estimate of drug-likeness (QED) is 0.661. The SMILES string of the molecule is S=C(Nc1ccccc1)N(Br)c1ccccc1. The lowest BCUT2D eigenvalue weighted by Gasteiger charge is -2.18. The molecule has 0 atom stereocenters. The molecule has 2 aromatic carbocycles. The molecule has 0 unspecified atom stereocenters. The van der Waals surface area contributed by atoms with Gasteiger partial charge in [-0.2, -0.15) is 0 Å². The second-order valence-electron chi connectivity index (χ2n) is 3.41. The first-order chi connectivity index (χ1) is 8.27. The summed E-state index contributed by atoms with van der Waals surface area (Å²) in [4.78, 5) is 0. The van der Waals surface area contributed by atoms with Crippen molar-refractivity contribution in [2.24, 2.45) is 0 Å². The fourth-order valence-electron chi connectivity index (χ4n) is 1.37. The molecule has 2 rings (SSSR count). The van der Waals surface area contributed by atoms with Crippen molar-refractivity contribution in [2.45, 2.75) is 0 Å². The Labute approximate surface area is 115 Å². The van der Waals surface area contributed by atoms with Crippen molar-refractivity contribution in [2.75, 3.05) is 9.24 Å². The van der Waals surface area contributed by atoms with Crippen LogP contribution in [0, 0.1) is 0 Å². The maximum Gasteiger partial charge on any atom is 0.188 e. The third kappa shape index (κ3) is 3.28. The Balaban J connectivity index is 2.06. The summed E-state index contributed by atoms with van der Waals surface area (Å²) in [6.45, 7) is 0. The number of thiocarbonyl (C=S) groups is 1. The molecule has 2 aromatic rings. The van der Waals surface area contributed by atoms with Gasteiger partial charge >= 0.3 is 0 Å². The predicted molar refractivity (Wildman–Crippen MR) is 80.5 cm³/mol. The highest BCUT2D eigenvalue weighted by atomic mass is 79.9. The highest BCUT2D eigenvalue weighted by Gasteiger charge is 2.07. The van der Waals surface area contributed by atoms with E-state index in [9.17, 15) is 0 Å². The summed E-state index contributed by atoms with van der Waals surface area (Å²) in [7, 11) is 0. The maximum atomic E-state index is 5.31. The zero-order valence-corrected chi connectivity index (χ0v) is 11.4. The van der Waals surface area contributed by atoms with Crippen molar-refractivity contribution in [1.82, 2.24) is 0 Å². The fraction of sp³-hybridized carbons (Fsp3) is 0. The van der Waals surface area contributed by atoms with Gasteiger partial charge < -0.3 is 5.32 Å². The van der Waals surface area contributed by atoms with E-state index in [1.165, 1.54) is 0 Å². The number of rotatable bonds is 2. The van der Waals surface area contributed by atoms with Crippen molar-refractivity contribution in [1.29, 1.82) is 0 Å². The summed E-state index contributed by atoms with van der Waals surface area (Å²) in [5.41, 5.74) is 1.96. The first kappa shape index (κ1) is 12.1. The number of benzene rings is 2. The van der Waals surface area contributed by atoms with Crippen molar-refractivity contribution in [3.05, 3.63) is 60.7 Å². The minimum atomic E-state index is 0.599. The van der Waals surface area contributed by atoms with Gasteiger partial charge in [-0.05, 0) is 36.5 Å². The first-order valence-corrected chi connectivity index (χ1v) is 6.26. The highest BCUT2D eigenvalue weighted by molar-refractivity contribution is 9.10. The minimum Gasteiger partial charge on any atom is -0.332 e. The van der Waals surface area contributed by atoms with Gasteiger partial charge in [0.1, 0.15) is 0 Å². The molecule has 2 nitrogen and oxygen atoms in total. The van der Waals surface area contributed by atoms with E-state index in [0.717, 1.165) is 11.4 Å². The number of nitrogens with zero attached hydrogens (tertiary/aromatic N) is 1. The maximum absolute atomic E-state index is 5.31. The van der Waals surface area contributed by atoms with Crippen LogP contribution in [0.4, 0.5) is 11.4 Å². The van der Waals surface area contributed by atoms with Gasteiger partial charge in [-0.25, -0.2) is 0 Å². The predicted octanol–water partition coefficient (Wildman–Crippen LogP) is 4.20.